The molecule has 0 saturated carbocycles. The van der Waals surface area contributed by atoms with Crippen molar-refractivity contribution >= 4 is 32.8 Å². The lowest BCUT2D eigenvalue weighted by Gasteiger charge is -2.08. The average molecular weight is 294 g/mol. The minimum atomic E-state index is -0.931. The van der Waals surface area contributed by atoms with Crippen molar-refractivity contribution in [2.45, 2.75) is 19.8 Å². The molecule has 0 spiro atoms. The number of pyridine rings is 1. The molecule has 3 nitrogen and oxygen atoms in total. The highest BCUT2D eigenvalue weighted by atomic mass is 79.9. The third-order valence-electron chi connectivity index (χ3n) is 2.70. The van der Waals surface area contributed by atoms with Crippen LogP contribution in [-0.2, 0) is 0 Å². The van der Waals surface area contributed by atoms with E-state index in [2.05, 4.69) is 34.8 Å². The standard InChI is InChI=1S/C13H12BrNO2/c1-7(2)8-3-4-11-9(5-8)10(13(16)17)6-12(14)15-11/h3-7H,1-2H3,(H,16,17). The molecule has 88 valence electrons. The third kappa shape index (κ3) is 2.31. The Hall–Kier alpha value is -1.42. The van der Waals surface area contributed by atoms with Gasteiger partial charge in [0, 0.05) is 5.39 Å². The van der Waals surface area contributed by atoms with Gasteiger partial charge in [0.1, 0.15) is 4.60 Å². The number of rotatable bonds is 2. The number of aromatic nitrogens is 1. The summed E-state index contributed by atoms with van der Waals surface area (Å²) in [4.78, 5) is 15.5. The Morgan fingerprint density at radius 1 is 1.35 bits per heavy atom. The van der Waals surface area contributed by atoms with Crippen molar-refractivity contribution in [2.24, 2.45) is 0 Å². The van der Waals surface area contributed by atoms with E-state index in [1.165, 1.54) is 6.07 Å². The molecule has 17 heavy (non-hydrogen) atoms. The number of hydrogen-bond acceptors (Lipinski definition) is 2. The smallest absolute Gasteiger partial charge is 0.336 e. The lowest BCUT2D eigenvalue weighted by molar-refractivity contribution is 0.0699. The zero-order valence-corrected chi connectivity index (χ0v) is 11.2. The first-order valence-electron chi connectivity index (χ1n) is 5.32. The van der Waals surface area contributed by atoms with E-state index < -0.39 is 5.97 Å². The normalized spacial score (nSPS) is 11.1. The highest BCUT2D eigenvalue weighted by Gasteiger charge is 2.12. The molecule has 0 fully saturated rings. The van der Waals surface area contributed by atoms with Gasteiger partial charge in [0.25, 0.3) is 0 Å². The van der Waals surface area contributed by atoms with E-state index in [9.17, 15) is 9.90 Å². The van der Waals surface area contributed by atoms with Crippen LogP contribution in [0.1, 0.15) is 35.7 Å². The molecule has 0 unspecified atom stereocenters. The Kier molecular flexibility index (Phi) is 3.15. The van der Waals surface area contributed by atoms with Crippen molar-refractivity contribution in [2.75, 3.05) is 0 Å². The molecule has 1 heterocycles. The summed E-state index contributed by atoms with van der Waals surface area (Å²) in [7, 11) is 0. The van der Waals surface area contributed by atoms with Crippen LogP contribution in [0.4, 0.5) is 0 Å². The van der Waals surface area contributed by atoms with Crippen LogP contribution in [0, 0.1) is 0 Å². The number of benzene rings is 1. The van der Waals surface area contributed by atoms with E-state index in [1.807, 2.05) is 18.2 Å². The summed E-state index contributed by atoms with van der Waals surface area (Å²) in [5, 5.41) is 9.88. The van der Waals surface area contributed by atoms with Crippen molar-refractivity contribution in [3.63, 3.8) is 0 Å². The van der Waals surface area contributed by atoms with Gasteiger partial charge in [0.2, 0.25) is 0 Å². The molecule has 1 N–H and O–H groups in total. The second-order valence-corrected chi connectivity index (χ2v) is 5.04. The van der Waals surface area contributed by atoms with Gasteiger partial charge in [-0.05, 0) is 45.6 Å². The quantitative estimate of drug-likeness (QED) is 0.857. The second kappa shape index (κ2) is 4.45. The maximum Gasteiger partial charge on any atom is 0.336 e. The highest BCUT2D eigenvalue weighted by molar-refractivity contribution is 9.10. The molecule has 0 saturated heterocycles. The number of nitrogens with zero attached hydrogens (tertiary/aromatic N) is 1. The van der Waals surface area contributed by atoms with Crippen LogP contribution in [-0.4, -0.2) is 16.1 Å². The number of hydrogen-bond donors (Lipinski definition) is 1. The Morgan fingerprint density at radius 2 is 2.06 bits per heavy atom. The van der Waals surface area contributed by atoms with Gasteiger partial charge >= 0.3 is 5.97 Å². The highest BCUT2D eigenvalue weighted by Crippen LogP contribution is 2.25. The van der Waals surface area contributed by atoms with E-state index >= 15 is 0 Å². The van der Waals surface area contributed by atoms with Gasteiger partial charge in [-0.25, -0.2) is 9.78 Å². The maximum absolute atomic E-state index is 11.2. The van der Waals surface area contributed by atoms with Crippen LogP contribution in [0.2, 0.25) is 0 Å². The first kappa shape index (κ1) is 12.0. The minimum Gasteiger partial charge on any atom is -0.478 e. The van der Waals surface area contributed by atoms with Crippen LogP contribution in [0.3, 0.4) is 0 Å². The average Bonchev–Trinajstić information content (AvgIpc) is 2.26. The lowest BCUT2D eigenvalue weighted by Crippen LogP contribution is -2.00. The molecule has 4 heteroatoms. The Morgan fingerprint density at radius 3 is 2.65 bits per heavy atom. The fourth-order valence-electron chi connectivity index (χ4n) is 1.75. The SMILES string of the molecule is CC(C)c1ccc2nc(Br)cc(C(=O)O)c2c1. The minimum absolute atomic E-state index is 0.282. The van der Waals surface area contributed by atoms with Gasteiger partial charge in [0.15, 0.2) is 0 Å². The summed E-state index contributed by atoms with van der Waals surface area (Å²) < 4.78 is 0.541. The number of fused-ring (bicyclic) bond motifs is 1. The van der Waals surface area contributed by atoms with E-state index in [0.29, 0.717) is 21.4 Å². The van der Waals surface area contributed by atoms with Crippen molar-refractivity contribution < 1.29 is 9.90 Å². The molecule has 1 aromatic heterocycles. The van der Waals surface area contributed by atoms with Crippen molar-refractivity contribution in [3.8, 4) is 0 Å². The van der Waals surface area contributed by atoms with E-state index in [1.54, 1.807) is 0 Å². The van der Waals surface area contributed by atoms with Crippen LogP contribution >= 0.6 is 15.9 Å². The van der Waals surface area contributed by atoms with Crippen LogP contribution < -0.4 is 0 Å². The first-order valence-corrected chi connectivity index (χ1v) is 6.12. The summed E-state index contributed by atoms with van der Waals surface area (Å²) in [5.41, 5.74) is 2.09. The molecule has 0 bridgehead atoms. The molecule has 0 aliphatic carbocycles. The molecule has 0 atom stereocenters. The Labute approximate surface area is 108 Å². The molecule has 0 aliphatic heterocycles. The fraction of sp³-hybridized carbons (Fsp3) is 0.231. The van der Waals surface area contributed by atoms with E-state index in [4.69, 9.17) is 0 Å². The van der Waals surface area contributed by atoms with Gasteiger partial charge in [-0.1, -0.05) is 19.9 Å². The number of halogens is 1. The molecule has 2 aromatic rings. The largest absolute Gasteiger partial charge is 0.478 e. The third-order valence-corrected chi connectivity index (χ3v) is 3.10. The van der Waals surface area contributed by atoms with Crippen molar-refractivity contribution in [3.05, 3.63) is 40.0 Å². The molecule has 0 amide bonds. The number of carboxylic acid groups (broad SMARTS) is 1. The van der Waals surface area contributed by atoms with E-state index in [0.717, 1.165) is 5.56 Å². The molecule has 0 radical (unpaired) electrons. The molecular formula is C13H12BrNO2. The molecular weight excluding hydrogens is 282 g/mol. The van der Waals surface area contributed by atoms with E-state index in [-0.39, 0.29) is 5.56 Å². The second-order valence-electron chi connectivity index (χ2n) is 4.23. The number of carboxylic acids is 1. The zero-order chi connectivity index (χ0) is 12.6. The van der Waals surface area contributed by atoms with Gasteiger partial charge in [-0.3, -0.25) is 0 Å². The zero-order valence-electron chi connectivity index (χ0n) is 9.57. The Balaban J connectivity index is 2.78. The van der Waals surface area contributed by atoms with Crippen molar-refractivity contribution in [1.82, 2.24) is 4.98 Å². The maximum atomic E-state index is 11.2. The summed E-state index contributed by atoms with van der Waals surface area (Å²) >= 11 is 3.22. The van der Waals surface area contributed by atoms with Gasteiger partial charge < -0.3 is 5.11 Å². The number of aromatic carboxylic acids is 1. The summed E-state index contributed by atoms with van der Waals surface area (Å²) in [6, 6.07) is 7.29. The van der Waals surface area contributed by atoms with Crippen LogP contribution in [0.15, 0.2) is 28.9 Å². The Bertz CT molecular complexity index is 593. The topological polar surface area (TPSA) is 50.2 Å². The fourth-order valence-corrected chi connectivity index (χ4v) is 2.17. The summed E-state index contributed by atoms with van der Waals surface area (Å²) in [6.45, 7) is 4.15. The van der Waals surface area contributed by atoms with Gasteiger partial charge in [-0.15, -0.1) is 0 Å². The first-order chi connectivity index (χ1) is 7.99. The van der Waals surface area contributed by atoms with Crippen LogP contribution in [0.25, 0.3) is 10.9 Å². The number of carbonyl (C=O) groups is 1. The predicted molar refractivity (Wildman–Crippen MR) is 70.5 cm³/mol. The molecule has 0 aliphatic rings. The van der Waals surface area contributed by atoms with Crippen LogP contribution in [0.5, 0.6) is 0 Å². The summed E-state index contributed by atoms with van der Waals surface area (Å²) in [5.74, 6) is -0.566. The molecule has 1 aromatic carbocycles. The molecule has 2 rings (SSSR count). The lowest BCUT2D eigenvalue weighted by atomic mass is 9.99. The van der Waals surface area contributed by atoms with Gasteiger partial charge in [-0.2, -0.15) is 0 Å². The van der Waals surface area contributed by atoms with Gasteiger partial charge in [0.05, 0.1) is 11.1 Å². The predicted octanol–water partition coefficient (Wildman–Crippen LogP) is 3.82. The summed E-state index contributed by atoms with van der Waals surface area (Å²) in [6.07, 6.45) is 0. The monoisotopic (exact) mass is 293 g/mol. The van der Waals surface area contributed by atoms with Crippen molar-refractivity contribution in [1.29, 1.82) is 0 Å².